The van der Waals surface area contributed by atoms with Gasteiger partial charge in [-0.3, -0.25) is 0 Å². The first kappa shape index (κ1) is 24.7. The van der Waals surface area contributed by atoms with Gasteiger partial charge in [-0.15, -0.1) is 0 Å². The van der Waals surface area contributed by atoms with Gasteiger partial charge >= 0.3 is 168 Å². The zero-order valence-electron chi connectivity index (χ0n) is 17.2. The van der Waals surface area contributed by atoms with Gasteiger partial charge < -0.3 is 48.0 Å². The average Bonchev–Trinajstić information content (AvgIpc) is 3.15. The minimum absolute atomic E-state index is 0. The number of hydrogen-bond acceptors (Lipinski definition) is 0. The van der Waals surface area contributed by atoms with Crippen molar-refractivity contribution in [3.05, 3.63) is 81.9 Å². The largest absolute Gasteiger partial charge is 1.00 e. The molecule has 2 aromatic carbocycles. The molecule has 0 aliphatic heterocycles. The van der Waals surface area contributed by atoms with Crippen molar-refractivity contribution in [2.24, 2.45) is 0 Å². The number of halogens is 2. The summed E-state index contributed by atoms with van der Waals surface area (Å²) in [5.74, 6) is -0.693. The molecule has 28 heavy (non-hydrogen) atoms. The molecule has 2 unspecified atom stereocenters. The second-order valence-corrected chi connectivity index (χ2v) is 26.2. The minimum Gasteiger partial charge on any atom is -1.00 e. The maximum atomic E-state index is 2.50. The van der Waals surface area contributed by atoms with Crippen molar-refractivity contribution in [1.29, 1.82) is 0 Å². The van der Waals surface area contributed by atoms with Crippen LogP contribution in [-0.2, 0) is 20.9 Å². The van der Waals surface area contributed by atoms with E-state index in [9.17, 15) is 0 Å². The van der Waals surface area contributed by atoms with E-state index in [0.29, 0.717) is 0 Å². The number of allylic oxidation sites excluding steroid dienone is 2. The predicted octanol–water partition coefficient (Wildman–Crippen LogP) is 0.693. The van der Waals surface area contributed by atoms with Crippen molar-refractivity contribution in [2.45, 2.75) is 47.0 Å². The van der Waals surface area contributed by atoms with Crippen LogP contribution in [0.2, 0.25) is 12.1 Å². The molecule has 2 aromatic rings. The Kier molecular flexibility index (Phi) is 9.44. The molecular weight excluding hydrogens is 661 g/mol. The van der Waals surface area contributed by atoms with Crippen LogP contribution in [0.15, 0.2) is 59.7 Å². The molecule has 0 spiro atoms. The van der Waals surface area contributed by atoms with Crippen molar-refractivity contribution in [3.63, 3.8) is 0 Å². The van der Waals surface area contributed by atoms with Crippen LogP contribution >= 0.6 is 0 Å². The Morgan fingerprint density at radius 1 is 0.714 bits per heavy atom. The molecule has 4 rings (SSSR count). The topological polar surface area (TPSA) is 0 Å². The first-order valence-corrected chi connectivity index (χ1v) is 19.4. The van der Waals surface area contributed by atoms with Gasteiger partial charge in [-0.25, -0.2) is 0 Å². The molecule has 4 heteroatoms. The summed E-state index contributed by atoms with van der Waals surface area (Å²) in [6.07, 6.45) is 4.99. The van der Waals surface area contributed by atoms with E-state index in [4.69, 9.17) is 0 Å². The van der Waals surface area contributed by atoms with Crippen LogP contribution in [0.5, 0.6) is 0 Å². The summed E-state index contributed by atoms with van der Waals surface area (Å²) in [6, 6.07) is 21.4. The summed E-state index contributed by atoms with van der Waals surface area (Å²) in [6.45, 7) is 9.81. The summed E-state index contributed by atoms with van der Waals surface area (Å²) in [5, 5.41) is 0. The van der Waals surface area contributed by atoms with Crippen LogP contribution < -0.4 is 48.0 Å². The van der Waals surface area contributed by atoms with E-state index >= 15 is 0 Å². The van der Waals surface area contributed by atoms with Crippen LogP contribution in [0.1, 0.15) is 57.2 Å². The van der Waals surface area contributed by atoms with Crippen molar-refractivity contribution in [3.8, 4) is 0 Å². The molecular formula is C24H29I2SiZr. The molecule has 0 fully saturated rings. The van der Waals surface area contributed by atoms with E-state index in [1.54, 1.807) is 22.3 Å². The van der Waals surface area contributed by atoms with Gasteiger partial charge in [0.25, 0.3) is 0 Å². The molecule has 0 heterocycles. The third kappa shape index (κ3) is 4.40. The maximum Gasteiger partial charge on any atom is -1.00 e. The van der Waals surface area contributed by atoms with E-state index in [0.717, 1.165) is 7.25 Å². The van der Waals surface area contributed by atoms with E-state index in [-0.39, 0.29) is 48.0 Å². The Hall–Kier alpha value is 0.480. The van der Waals surface area contributed by atoms with Gasteiger partial charge in [0.05, 0.1) is 0 Å². The van der Waals surface area contributed by atoms with E-state index in [1.807, 2.05) is 0 Å². The fourth-order valence-corrected chi connectivity index (χ4v) is 33.7. The molecule has 147 valence electrons. The molecule has 0 saturated carbocycles. The number of benzene rings is 2. The standard InChI is InChI=1S/2C10H9.C4H11Si.2HI.Zr/c2*1-8-6-9-4-2-3-5-10(9)7-8;1-3-5-4-2;;;/h2*2-7H,1H3;5H,3-4H2,1-2H3;2*1H;/q;;;;;+2/p-2. The van der Waals surface area contributed by atoms with Gasteiger partial charge in [-0.05, 0) is 0 Å². The van der Waals surface area contributed by atoms with Crippen LogP contribution in [0.25, 0.3) is 12.2 Å². The van der Waals surface area contributed by atoms with E-state index in [1.165, 1.54) is 23.2 Å². The van der Waals surface area contributed by atoms with Crippen LogP contribution in [0.4, 0.5) is 0 Å². The maximum absolute atomic E-state index is 2.50. The first-order valence-electron chi connectivity index (χ1n) is 10.1. The molecule has 0 nitrogen and oxygen atoms in total. The SMILES string of the molecule is CC[SiH](CC)[Zr+2]([CH]1C(C)=Cc2ccccc21)[CH]1C(C)=Cc2ccccc21.[I-].[I-]. The summed E-state index contributed by atoms with van der Waals surface area (Å²) in [4.78, 5) is 0. The summed E-state index contributed by atoms with van der Waals surface area (Å²) < 4.78 is 1.59. The molecule has 0 aromatic heterocycles. The minimum atomic E-state index is -1.79. The molecule has 0 N–H and O–H groups in total. The van der Waals surface area contributed by atoms with E-state index in [2.05, 4.69) is 88.4 Å². The monoisotopic (exact) mass is 689 g/mol. The molecule has 2 aliphatic carbocycles. The quantitative estimate of drug-likeness (QED) is 0.321. The molecule has 2 aliphatic rings. The summed E-state index contributed by atoms with van der Waals surface area (Å²) in [5.41, 5.74) is 9.66. The summed E-state index contributed by atoms with van der Waals surface area (Å²) >= 11 is -1.79. The Morgan fingerprint density at radius 3 is 1.50 bits per heavy atom. The Morgan fingerprint density at radius 2 is 1.11 bits per heavy atom. The van der Waals surface area contributed by atoms with Crippen molar-refractivity contribution >= 4 is 18.1 Å². The van der Waals surface area contributed by atoms with Crippen molar-refractivity contribution in [1.82, 2.24) is 0 Å². The second-order valence-electron chi connectivity index (χ2n) is 7.91. The second kappa shape index (κ2) is 10.7. The van der Waals surface area contributed by atoms with Crippen LogP contribution in [0, 0.1) is 0 Å². The Labute approximate surface area is 213 Å². The molecule has 2 atom stereocenters. The van der Waals surface area contributed by atoms with Crippen LogP contribution in [0.3, 0.4) is 0 Å². The molecule has 0 saturated heterocycles. The first-order chi connectivity index (χ1) is 12.7. The van der Waals surface area contributed by atoms with Gasteiger partial charge in [0, 0.05) is 0 Å². The Bertz CT molecular complexity index is 818. The van der Waals surface area contributed by atoms with Gasteiger partial charge in [0.15, 0.2) is 0 Å². The van der Waals surface area contributed by atoms with Gasteiger partial charge in [-0.1, -0.05) is 0 Å². The molecule has 0 amide bonds. The summed E-state index contributed by atoms with van der Waals surface area (Å²) in [7, 11) is 0. The van der Waals surface area contributed by atoms with Crippen molar-refractivity contribution in [2.75, 3.05) is 0 Å². The number of hydrogen-bond donors (Lipinski definition) is 0. The zero-order valence-corrected chi connectivity index (χ0v) is 25.1. The van der Waals surface area contributed by atoms with Crippen molar-refractivity contribution < 1.29 is 68.9 Å². The normalized spacial score (nSPS) is 19.2. The fourth-order valence-electron chi connectivity index (χ4n) is 5.24. The van der Waals surface area contributed by atoms with Gasteiger partial charge in [0.1, 0.15) is 0 Å². The van der Waals surface area contributed by atoms with Gasteiger partial charge in [-0.2, -0.15) is 0 Å². The number of rotatable bonds is 5. The van der Waals surface area contributed by atoms with E-state index < -0.39 is 26.8 Å². The van der Waals surface area contributed by atoms with Gasteiger partial charge in [0.2, 0.25) is 0 Å². The van der Waals surface area contributed by atoms with Crippen LogP contribution in [-0.4, -0.2) is 5.92 Å². The third-order valence-corrected chi connectivity index (χ3v) is 33.3. The smallest absolute Gasteiger partial charge is 1.00 e. The fraction of sp³-hybridized carbons (Fsp3) is 0.333. The number of fused-ring (bicyclic) bond motifs is 2. The third-order valence-electron chi connectivity index (χ3n) is 6.41. The zero-order chi connectivity index (χ0) is 18.3. The Balaban J connectivity index is 0.00000140. The molecule has 0 bridgehead atoms. The molecule has 0 radical (unpaired) electrons. The predicted molar refractivity (Wildman–Crippen MR) is 114 cm³/mol. The average molecular weight is 691 g/mol.